The molecule has 0 saturated carbocycles. The van der Waals surface area contributed by atoms with E-state index in [2.05, 4.69) is 20.9 Å². The summed E-state index contributed by atoms with van der Waals surface area (Å²) in [4.78, 5) is 15.2. The fourth-order valence-electron chi connectivity index (χ4n) is 2.26. The molecule has 2 aromatic carbocycles. The minimum atomic E-state index is -0.262. The lowest BCUT2D eigenvalue weighted by molar-refractivity contribution is -0.114. The van der Waals surface area contributed by atoms with Gasteiger partial charge in [0.2, 0.25) is 5.91 Å². The van der Waals surface area contributed by atoms with Gasteiger partial charge in [0.25, 0.3) is 0 Å². The molecule has 0 aromatic heterocycles. The highest BCUT2D eigenvalue weighted by Gasteiger charge is 2.01. The quantitative estimate of drug-likeness (QED) is 0.243. The van der Waals surface area contributed by atoms with Gasteiger partial charge in [-0.3, -0.25) is 9.79 Å². The Bertz CT molecular complexity index is 771. The standard InChI is InChI=1S/C19H23FN4O2.HI/c1-14(25)24-17-7-4-8-18(12-17)26-10-9-22-19(21-2)23-13-15-5-3-6-16(20)11-15;/h3-8,11-12H,9-10,13H2,1-2H3,(H,24,25)(H2,21,22,23);1H. The molecule has 0 bridgehead atoms. The van der Waals surface area contributed by atoms with Crippen LogP contribution in [0.15, 0.2) is 53.5 Å². The van der Waals surface area contributed by atoms with E-state index in [4.69, 9.17) is 4.74 Å². The normalized spacial score (nSPS) is 10.6. The summed E-state index contributed by atoms with van der Waals surface area (Å²) in [6, 6.07) is 13.6. The van der Waals surface area contributed by atoms with Crippen molar-refractivity contribution in [2.75, 3.05) is 25.5 Å². The topological polar surface area (TPSA) is 74.8 Å². The van der Waals surface area contributed by atoms with Crippen molar-refractivity contribution in [2.45, 2.75) is 13.5 Å². The number of halogens is 2. The van der Waals surface area contributed by atoms with Crippen LogP contribution in [0.1, 0.15) is 12.5 Å². The Kier molecular flexibility index (Phi) is 10.2. The third-order valence-electron chi connectivity index (χ3n) is 3.39. The van der Waals surface area contributed by atoms with Crippen LogP contribution in [0.25, 0.3) is 0 Å². The number of anilines is 1. The van der Waals surface area contributed by atoms with E-state index < -0.39 is 0 Å². The van der Waals surface area contributed by atoms with Crippen LogP contribution in [-0.2, 0) is 11.3 Å². The molecular weight excluding hydrogens is 462 g/mol. The van der Waals surface area contributed by atoms with Gasteiger partial charge < -0.3 is 20.7 Å². The second-order valence-electron chi connectivity index (χ2n) is 5.54. The zero-order chi connectivity index (χ0) is 18.8. The fourth-order valence-corrected chi connectivity index (χ4v) is 2.26. The number of rotatable bonds is 7. The lowest BCUT2D eigenvalue weighted by Crippen LogP contribution is -2.38. The minimum Gasteiger partial charge on any atom is -0.492 e. The Hall–Kier alpha value is -2.36. The van der Waals surface area contributed by atoms with Gasteiger partial charge in [-0.05, 0) is 29.8 Å². The monoisotopic (exact) mass is 486 g/mol. The first-order valence-electron chi connectivity index (χ1n) is 8.26. The maximum Gasteiger partial charge on any atom is 0.221 e. The Balaban J connectivity index is 0.00000364. The molecule has 0 spiro atoms. The average molecular weight is 486 g/mol. The summed E-state index contributed by atoms with van der Waals surface area (Å²) in [6.45, 7) is 2.88. The van der Waals surface area contributed by atoms with Crippen molar-refractivity contribution in [3.8, 4) is 5.75 Å². The molecule has 0 aliphatic rings. The molecule has 0 radical (unpaired) electrons. The predicted molar refractivity (Wildman–Crippen MR) is 116 cm³/mol. The smallest absolute Gasteiger partial charge is 0.221 e. The summed E-state index contributed by atoms with van der Waals surface area (Å²) in [6.07, 6.45) is 0. The van der Waals surface area contributed by atoms with E-state index in [-0.39, 0.29) is 35.7 Å². The summed E-state index contributed by atoms with van der Waals surface area (Å²) in [7, 11) is 1.67. The molecule has 0 saturated heterocycles. The van der Waals surface area contributed by atoms with Crippen LogP contribution in [0, 0.1) is 5.82 Å². The molecule has 146 valence electrons. The third-order valence-corrected chi connectivity index (χ3v) is 3.39. The Labute approximate surface area is 175 Å². The molecule has 6 nitrogen and oxygen atoms in total. The highest BCUT2D eigenvalue weighted by molar-refractivity contribution is 14.0. The molecule has 0 heterocycles. The van der Waals surface area contributed by atoms with Crippen LogP contribution in [0.5, 0.6) is 5.75 Å². The predicted octanol–water partition coefficient (Wildman–Crippen LogP) is 3.15. The van der Waals surface area contributed by atoms with Crippen molar-refractivity contribution in [3.05, 3.63) is 59.9 Å². The molecular formula is C19H24FIN4O2. The van der Waals surface area contributed by atoms with Gasteiger partial charge in [-0.25, -0.2) is 4.39 Å². The number of hydrogen-bond acceptors (Lipinski definition) is 3. The van der Waals surface area contributed by atoms with Crippen LogP contribution < -0.4 is 20.7 Å². The Morgan fingerprint density at radius 3 is 2.63 bits per heavy atom. The second-order valence-corrected chi connectivity index (χ2v) is 5.54. The average Bonchev–Trinajstić information content (AvgIpc) is 2.61. The number of benzene rings is 2. The number of hydrogen-bond donors (Lipinski definition) is 3. The van der Waals surface area contributed by atoms with Crippen LogP contribution in [-0.4, -0.2) is 32.1 Å². The first kappa shape index (κ1) is 22.7. The lowest BCUT2D eigenvalue weighted by Gasteiger charge is -2.13. The number of guanidine groups is 1. The molecule has 3 N–H and O–H groups in total. The minimum absolute atomic E-state index is 0. The first-order chi connectivity index (χ1) is 12.6. The van der Waals surface area contributed by atoms with Crippen molar-refractivity contribution in [1.29, 1.82) is 0 Å². The second kappa shape index (κ2) is 12.1. The number of nitrogens with zero attached hydrogens (tertiary/aromatic N) is 1. The summed E-state index contributed by atoms with van der Waals surface area (Å²) >= 11 is 0. The number of carbonyl (C=O) groups is 1. The van der Waals surface area contributed by atoms with Gasteiger partial charge in [-0.1, -0.05) is 18.2 Å². The highest BCUT2D eigenvalue weighted by atomic mass is 127. The highest BCUT2D eigenvalue weighted by Crippen LogP contribution is 2.17. The van der Waals surface area contributed by atoms with Gasteiger partial charge in [-0.2, -0.15) is 0 Å². The first-order valence-corrected chi connectivity index (χ1v) is 8.26. The third kappa shape index (κ3) is 8.72. The Morgan fingerprint density at radius 2 is 1.93 bits per heavy atom. The van der Waals surface area contributed by atoms with Crippen molar-refractivity contribution in [1.82, 2.24) is 10.6 Å². The maximum atomic E-state index is 13.2. The zero-order valence-electron chi connectivity index (χ0n) is 15.3. The molecule has 0 aliphatic carbocycles. The van der Waals surface area contributed by atoms with Crippen LogP contribution in [0.4, 0.5) is 10.1 Å². The van der Waals surface area contributed by atoms with E-state index in [1.807, 2.05) is 18.2 Å². The molecule has 1 amide bonds. The number of carbonyl (C=O) groups excluding carboxylic acids is 1. The summed E-state index contributed by atoms with van der Waals surface area (Å²) in [5, 5.41) is 8.94. The van der Waals surface area contributed by atoms with Crippen molar-refractivity contribution in [3.63, 3.8) is 0 Å². The fraction of sp³-hybridized carbons (Fsp3) is 0.263. The lowest BCUT2D eigenvalue weighted by atomic mass is 10.2. The molecule has 2 aromatic rings. The summed E-state index contributed by atoms with van der Waals surface area (Å²) < 4.78 is 18.8. The van der Waals surface area contributed by atoms with Gasteiger partial charge in [0.15, 0.2) is 5.96 Å². The Morgan fingerprint density at radius 1 is 1.15 bits per heavy atom. The molecule has 27 heavy (non-hydrogen) atoms. The van der Waals surface area contributed by atoms with Crippen LogP contribution in [0.3, 0.4) is 0 Å². The summed E-state index contributed by atoms with van der Waals surface area (Å²) in [5.41, 5.74) is 1.52. The van der Waals surface area contributed by atoms with E-state index in [9.17, 15) is 9.18 Å². The van der Waals surface area contributed by atoms with Crippen molar-refractivity contribution < 1.29 is 13.9 Å². The van der Waals surface area contributed by atoms with Gasteiger partial charge in [0, 0.05) is 32.3 Å². The van der Waals surface area contributed by atoms with E-state index in [0.717, 1.165) is 5.56 Å². The number of amides is 1. The van der Waals surface area contributed by atoms with Gasteiger partial charge >= 0.3 is 0 Å². The van der Waals surface area contributed by atoms with Crippen molar-refractivity contribution >= 4 is 41.5 Å². The SMILES string of the molecule is CN=C(NCCOc1cccc(NC(C)=O)c1)NCc1cccc(F)c1.I. The van der Waals surface area contributed by atoms with E-state index in [0.29, 0.717) is 37.1 Å². The molecule has 0 unspecified atom stereocenters. The maximum absolute atomic E-state index is 13.2. The van der Waals surface area contributed by atoms with Crippen LogP contribution >= 0.6 is 24.0 Å². The van der Waals surface area contributed by atoms with E-state index in [1.54, 1.807) is 25.2 Å². The number of nitrogens with one attached hydrogen (secondary N) is 3. The summed E-state index contributed by atoms with van der Waals surface area (Å²) in [5.74, 6) is 0.879. The van der Waals surface area contributed by atoms with Gasteiger partial charge in [0.1, 0.15) is 18.2 Å². The van der Waals surface area contributed by atoms with Gasteiger partial charge in [-0.15, -0.1) is 24.0 Å². The molecule has 0 aliphatic heterocycles. The van der Waals surface area contributed by atoms with E-state index >= 15 is 0 Å². The molecule has 2 rings (SSSR count). The van der Waals surface area contributed by atoms with Crippen molar-refractivity contribution in [2.24, 2.45) is 4.99 Å². The number of aliphatic imine (C=N–C) groups is 1. The van der Waals surface area contributed by atoms with E-state index in [1.165, 1.54) is 19.1 Å². The van der Waals surface area contributed by atoms with Gasteiger partial charge in [0.05, 0.1) is 6.54 Å². The molecule has 0 atom stereocenters. The molecule has 0 fully saturated rings. The van der Waals surface area contributed by atoms with Crippen LogP contribution in [0.2, 0.25) is 0 Å². The molecule has 8 heteroatoms. The zero-order valence-corrected chi connectivity index (χ0v) is 17.6. The number of ether oxygens (including phenoxy) is 1. The largest absolute Gasteiger partial charge is 0.492 e.